The van der Waals surface area contributed by atoms with Crippen LogP contribution in [0.25, 0.3) is 0 Å². The van der Waals surface area contributed by atoms with Crippen LogP contribution in [0.1, 0.15) is 11.1 Å². The molecule has 1 aromatic carbocycles. The first kappa shape index (κ1) is 14.0. The van der Waals surface area contributed by atoms with Gasteiger partial charge in [-0.05, 0) is 23.6 Å². The minimum atomic E-state index is -3.54. The number of hydrogen-bond donors (Lipinski definition) is 2. The van der Waals surface area contributed by atoms with Crippen molar-refractivity contribution in [2.75, 3.05) is 12.0 Å². The maximum atomic E-state index is 12.7. The molecule has 0 saturated heterocycles. The maximum Gasteiger partial charge on any atom is 0.243 e. The van der Waals surface area contributed by atoms with Crippen molar-refractivity contribution in [1.82, 2.24) is 9.29 Å². The van der Waals surface area contributed by atoms with E-state index in [4.69, 9.17) is 5.84 Å². The molecule has 3 rings (SSSR count). The van der Waals surface area contributed by atoms with E-state index in [1.165, 1.54) is 28.2 Å². The highest BCUT2D eigenvalue weighted by atomic mass is 32.2. The first-order valence-corrected chi connectivity index (χ1v) is 8.05. The Kier molecular flexibility index (Phi) is 3.62. The topological polar surface area (TPSA) is 88.3 Å². The van der Waals surface area contributed by atoms with Gasteiger partial charge in [0.2, 0.25) is 10.0 Å². The Hall–Kier alpha value is -1.96. The van der Waals surface area contributed by atoms with Gasteiger partial charge in [-0.1, -0.05) is 24.3 Å². The molecule has 3 N–H and O–H groups in total. The number of fused-ring (bicyclic) bond motifs is 1. The van der Waals surface area contributed by atoms with Gasteiger partial charge in [0, 0.05) is 25.4 Å². The van der Waals surface area contributed by atoms with E-state index in [1.807, 2.05) is 24.3 Å². The van der Waals surface area contributed by atoms with Gasteiger partial charge in [-0.3, -0.25) is 0 Å². The van der Waals surface area contributed by atoms with E-state index in [0.717, 1.165) is 12.0 Å². The molecule has 1 aromatic heterocycles. The largest absolute Gasteiger partial charge is 0.308 e. The van der Waals surface area contributed by atoms with Crippen molar-refractivity contribution >= 4 is 15.8 Å². The van der Waals surface area contributed by atoms with Crippen molar-refractivity contribution in [2.45, 2.75) is 17.9 Å². The number of nitrogens with one attached hydrogen (secondary N) is 1. The second kappa shape index (κ2) is 5.44. The molecular formula is C14H16N4O2S. The number of sulfonamides is 1. The third-order valence-corrected chi connectivity index (χ3v) is 5.45. The van der Waals surface area contributed by atoms with Gasteiger partial charge in [0.1, 0.15) is 5.82 Å². The number of benzene rings is 1. The minimum absolute atomic E-state index is 0.199. The summed E-state index contributed by atoms with van der Waals surface area (Å²) in [5.41, 5.74) is 4.63. The maximum absolute atomic E-state index is 12.7. The van der Waals surface area contributed by atoms with Crippen LogP contribution in [-0.4, -0.2) is 24.3 Å². The summed E-state index contributed by atoms with van der Waals surface area (Å²) < 4.78 is 26.9. The van der Waals surface area contributed by atoms with E-state index in [9.17, 15) is 8.42 Å². The van der Waals surface area contributed by atoms with Crippen LogP contribution in [0, 0.1) is 0 Å². The highest BCUT2D eigenvalue weighted by molar-refractivity contribution is 7.89. The molecule has 0 saturated carbocycles. The van der Waals surface area contributed by atoms with Crippen molar-refractivity contribution in [3.8, 4) is 0 Å². The molecule has 0 atom stereocenters. The normalized spacial score (nSPS) is 15.5. The zero-order valence-corrected chi connectivity index (χ0v) is 12.2. The second-order valence-corrected chi connectivity index (χ2v) is 6.82. The first-order valence-electron chi connectivity index (χ1n) is 6.61. The highest BCUT2D eigenvalue weighted by Crippen LogP contribution is 2.25. The summed E-state index contributed by atoms with van der Waals surface area (Å²) in [5, 5.41) is 0. The van der Waals surface area contributed by atoms with Gasteiger partial charge in [-0.25, -0.2) is 19.2 Å². The van der Waals surface area contributed by atoms with Gasteiger partial charge in [0.25, 0.3) is 0 Å². The molecule has 7 heteroatoms. The van der Waals surface area contributed by atoms with Crippen LogP contribution in [-0.2, 0) is 23.0 Å². The van der Waals surface area contributed by atoms with E-state index in [2.05, 4.69) is 10.4 Å². The number of pyridine rings is 1. The fraction of sp³-hybridized carbons (Fsp3) is 0.214. The standard InChI is InChI=1S/C14H16N4O2S/c15-17-14-9-13(5-7-16-14)21(19,20)18-8-6-11-3-1-2-4-12(11)10-18/h1-5,7,9H,6,8,10,15H2,(H,16,17). The van der Waals surface area contributed by atoms with E-state index in [1.54, 1.807) is 0 Å². The molecule has 2 heterocycles. The number of hydrazine groups is 1. The average molecular weight is 304 g/mol. The summed E-state index contributed by atoms with van der Waals surface area (Å²) in [6.07, 6.45) is 2.16. The van der Waals surface area contributed by atoms with Crippen LogP contribution in [0.3, 0.4) is 0 Å². The molecule has 1 aliphatic rings. The van der Waals surface area contributed by atoms with E-state index >= 15 is 0 Å². The Labute approximate surface area is 123 Å². The van der Waals surface area contributed by atoms with Crippen LogP contribution in [0.15, 0.2) is 47.5 Å². The number of nitrogens with zero attached hydrogens (tertiary/aromatic N) is 2. The molecule has 0 aliphatic carbocycles. The van der Waals surface area contributed by atoms with Crippen molar-refractivity contribution in [2.24, 2.45) is 5.84 Å². The van der Waals surface area contributed by atoms with Gasteiger partial charge in [0.05, 0.1) is 4.90 Å². The van der Waals surface area contributed by atoms with Crippen LogP contribution in [0.5, 0.6) is 0 Å². The number of aromatic nitrogens is 1. The fourth-order valence-electron chi connectivity index (χ4n) is 2.47. The summed E-state index contributed by atoms with van der Waals surface area (Å²) in [4.78, 5) is 4.13. The Bertz CT molecular complexity index is 761. The number of rotatable bonds is 3. The summed E-state index contributed by atoms with van der Waals surface area (Å²) in [6, 6.07) is 10.8. The predicted molar refractivity (Wildman–Crippen MR) is 79.8 cm³/mol. The Morgan fingerprint density at radius 1 is 1.19 bits per heavy atom. The number of anilines is 1. The van der Waals surface area contributed by atoms with Gasteiger partial charge in [0.15, 0.2) is 0 Å². The van der Waals surface area contributed by atoms with Crippen molar-refractivity contribution in [1.29, 1.82) is 0 Å². The summed E-state index contributed by atoms with van der Waals surface area (Å²) in [6.45, 7) is 0.874. The first-order chi connectivity index (χ1) is 10.1. The van der Waals surface area contributed by atoms with Gasteiger partial charge >= 0.3 is 0 Å². The summed E-state index contributed by atoms with van der Waals surface area (Å²) in [5.74, 6) is 5.61. The molecule has 6 nitrogen and oxygen atoms in total. The molecule has 21 heavy (non-hydrogen) atoms. The lowest BCUT2D eigenvalue weighted by atomic mass is 10.0. The van der Waals surface area contributed by atoms with Crippen molar-refractivity contribution in [3.05, 3.63) is 53.7 Å². The Morgan fingerprint density at radius 2 is 1.95 bits per heavy atom. The lowest BCUT2D eigenvalue weighted by Crippen LogP contribution is -2.36. The van der Waals surface area contributed by atoms with Crippen molar-refractivity contribution in [3.63, 3.8) is 0 Å². The molecule has 0 bridgehead atoms. The highest BCUT2D eigenvalue weighted by Gasteiger charge is 2.28. The molecule has 1 aliphatic heterocycles. The van der Waals surface area contributed by atoms with Gasteiger partial charge in [-0.15, -0.1) is 0 Å². The predicted octanol–water partition coefficient (Wildman–Crippen LogP) is 1.11. The quantitative estimate of drug-likeness (QED) is 0.655. The summed E-state index contributed by atoms with van der Waals surface area (Å²) in [7, 11) is -3.54. The second-order valence-electron chi connectivity index (χ2n) is 4.88. The SMILES string of the molecule is NNc1cc(S(=O)(=O)N2CCc3ccccc3C2)ccn1. The molecule has 0 amide bonds. The zero-order chi connectivity index (χ0) is 14.9. The molecule has 0 spiro atoms. The molecular weight excluding hydrogens is 288 g/mol. The van der Waals surface area contributed by atoms with Gasteiger partial charge in [-0.2, -0.15) is 4.31 Å². The average Bonchev–Trinajstić information content (AvgIpc) is 2.54. The van der Waals surface area contributed by atoms with Crippen molar-refractivity contribution < 1.29 is 8.42 Å². The van der Waals surface area contributed by atoms with Gasteiger partial charge < -0.3 is 5.43 Å². The minimum Gasteiger partial charge on any atom is -0.308 e. The van der Waals surface area contributed by atoms with Crippen LogP contribution >= 0.6 is 0 Å². The molecule has 2 aromatic rings. The van der Waals surface area contributed by atoms with E-state index < -0.39 is 10.0 Å². The number of hydrogen-bond acceptors (Lipinski definition) is 5. The monoisotopic (exact) mass is 304 g/mol. The third-order valence-electron chi connectivity index (χ3n) is 3.61. The van der Waals surface area contributed by atoms with Crippen LogP contribution in [0.2, 0.25) is 0 Å². The lowest BCUT2D eigenvalue weighted by molar-refractivity contribution is 0.391. The van der Waals surface area contributed by atoms with Crippen LogP contribution < -0.4 is 11.3 Å². The summed E-state index contributed by atoms with van der Waals surface area (Å²) >= 11 is 0. The molecule has 0 radical (unpaired) electrons. The number of nitrogen functional groups attached to an aromatic ring is 1. The lowest BCUT2D eigenvalue weighted by Gasteiger charge is -2.28. The number of nitrogens with two attached hydrogens (primary N) is 1. The third kappa shape index (κ3) is 2.63. The van der Waals surface area contributed by atoms with E-state index in [0.29, 0.717) is 18.9 Å². The smallest absolute Gasteiger partial charge is 0.243 e. The molecule has 0 unspecified atom stereocenters. The van der Waals surface area contributed by atoms with E-state index in [-0.39, 0.29) is 4.90 Å². The molecule has 110 valence electrons. The Balaban J connectivity index is 1.93. The molecule has 0 fully saturated rings. The fourth-order valence-corrected chi connectivity index (χ4v) is 3.91. The van der Waals surface area contributed by atoms with Crippen LogP contribution in [0.4, 0.5) is 5.82 Å². The zero-order valence-electron chi connectivity index (χ0n) is 11.4. The Morgan fingerprint density at radius 3 is 2.71 bits per heavy atom.